The van der Waals surface area contributed by atoms with Gasteiger partial charge in [0.05, 0.1) is 6.54 Å². The number of aromatic nitrogens is 1. The summed E-state index contributed by atoms with van der Waals surface area (Å²) in [5.41, 5.74) is 0.614. The van der Waals surface area contributed by atoms with Crippen LogP contribution in [-0.4, -0.2) is 45.3 Å². The van der Waals surface area contributed by atoms with E-state index in [0.717, 1.165) is 4.90 Å². The maximum absolute atomic E-state index is 12.2. The predicted molar refractivity (Wildman–Crippen MR) is 67.8 cm³/mol. The minimum Gasteiger partial charge on any atom is -0.480 e. The van der Waals surface area contributed by atoms with Crippen molar-refractivity contribution in [3.8, 4) is 12.3 Å². The van der Waals surface area contributed by atoms with Gasteiger partial charge in [-0.3, -0.25) is 14.4 Å². The van der Waals surface area contributed by atoms with Crippen molar-refractivity contribution < 1.29 is 19.5 Å². The Labute approximate surface area is 110 Å². The number of Topliss-reactive ketones (excluding diaryl/α,β-unsaturated/α-hetero) is 1. The highest BCUT2D eigenvalue weighted by Crippen LogP contribution is 2.11. The molecule has 0 aromatic carbocycles. The second-order valence-electron chi connectivity index (χ2n) is 4.04. The van der Waals surface area contributed by atoms with E-state index in [0.29, 0.717) is 5.56 Å². The number of carboxylic acid groups (broad SMARTS) is 1. The molecule has 1 rings (SSSR count). The first-order valence-corrected chi connectivity index (χ1v) is 5.48. The molecule has 0 saturated heterocycles. The van der Waals surface area contributed by atoms with Crippen LogP contribution in [0.15, 0.2) is 12.3 Å². The van der Waals surface area contributed by atoms with Crippen LogP contribution in [0.4, 0.5) is 0 Å². The Bertz CT molecular complexity index is 566. The van der Waals surface area contributed by atoms with Crippen LogP contribution in [-0.2, 0) is 11.8 Å². The molecule has 0 aliphatic carbocycles. The summed E-state index contributed by atoms with van der Waals surface area (Å²) in [6, 6.07) is 1.43. The average molecular weight is 262 g/mol. The molecule has 0 spiro atoms. The third kappa shape index (κ3) is 3.45. The van der Waals surface area contributed by atoms with Crippen LogP contribution >= 0.6 is 0 Å². The van der Waals surface area contributed by atoms with E-state index in [2.05, 4.69) is 5.92 Å². The molecule has 6 heteroatoms. The van der Waals surface area contributed by atoms with E-state index in [4.69, 9.17) is 11.5 Å². The fourth-order valence-corrected chi connectivity index (χ4v) is 1.60. The summed E-state index contributed by atoms with van der Waals surface area (Å²) in [5, 5.41) is 8.75. The summed E-state index contributed by atoms with van der Waals surface area (Å²) in [6.07, 6.45) is 6.63. The molecule has 6 nitrogen and oxygen atoms in total. The first-order valence-electron chi connectivity index (χ1n) is 5.48. The Hall–Kier alpha value is -2.55. The number of nitrogens with zero attached hydrogens (tertiary/aromatic N) is 2. The van der Waals surface area contributed by atoms with Gasteiger partial charge in [-0.1, -0.05) is 5.92 Å². The fraction of sp³-hybridized carbons (Fsp3) is 0.308. The van der Waals surface area contributed by atoms with Crippen molar-refractivity contribution in [2.45, 2.75) is 6.92 Å². The Morgan fingerprint density at radius 2 is 2.11 bits per heavy atom. The number of rotatable bonds is 5. The topological polar surface area (TPSA) is 79.6 Å². The van der Waals surface area contributed by atoms with Crippen LogP contribution in [0.25, 0.3) is 0 Å². The molecule has 0 unspecified atom stereocenters. The summed E-state index contributed by atoms with van der Waals surface area (Å²) in [6.45, 7) is 0.801. The van der Waals surface area contributed by atoms with Gasteiger partial charge in [-0.15, -0.1) is 6.42 Å². The smallest absolute Gasteiger partial charge is 0.323 e. The highest BCUT2D eigenvalue weighted by molar-refractivity contribution is 6.00. The van der Waals surface area contributed by atoms with Crippen LogP contribution in [0, 0.1) is 12.3 Å². The van der Waals surface area contributed by atoms with E-state index in [1.165, 1.54) is 23.8 Å². The van der Waals surface area contributed by atoms with Gasteiger partial charge in [0.1, 0.15) is 12.2 Å². The first-order chi connectivity index (χ1) is 8.86. The molecule has 1 N–H and O–H groups in total. The molecule has 0 saturated carbocycles. The maximum atomic E-state index is 12.2. The number of amides is 1. The van der Waals surface area contributed by atoms with Crippen LogP contribution in [0.3, 0.4) is 0 Å². The Balaban J connectivity index is 3.06. The van der Waals surface area contributed by atoms with Crippen molar-refractivity contribution in [3.63, 3.8) is 0 Å². The van der Waals surface area contributed by atoms with Gasteiger partial charge in [-0.05, 0) is 13.0 Å². The third-order valence-electron chi connectivity index (χ3n) is 2.53. The summed E-state index contributed by atoms with van der Waals surface area (Å²) >= 11 is 0. The number of carbonyl (C=O) groups excluding carboxylic acids is 2. The molecule has 0 aliphatic heterocycles. The predicted octanol–water partition coefficient (Wildman–Crippen LogP) is 0.388. The molecule has 1 amide bonds. The molecule has 100 valence electrons. The lowest BCUT2D eigenvalue weighted by Crippen LogP contribution is -2.36. The van der Waals surface area contributed by atoms with Gasteiger partial charge in [0, 0.05) is 18.8 Å². The SMILES string of the molecule is C#CCN(CC(=O)O)C(=O)c1cc(C(C)=O)cn1C. The summed E-state index contributed by atoms with van der Waals surface area (Å²) in [4.78, 5) is 35.1. The largest absolute Gasteiger partial charge is 0.480 e. The molecular formula is C13H14N2O4. The number of ketones is 1. The standard InChI is InChI=1S/C13H14N2O4/c1-4-5-15(8-12(17)18)13(19)11-6-10(9(2)16)7-14(11)3/h1,6-7H,5,8H2,2-3H3,(H,17,18). The summed E-state index contributed by atoms with van der Waals surface area (Å²) < 4.78 is 1.48. The molecule has 0 bridgehead atoms. The molecule has 1 heterocycles. The zero-order chi connectivity index (χ0) is 14.6. The molecule has 0 aliphatic rings. The average Bonchev–Trinajstić information content (AvgIpc) is 2.69. The quantitative estimate of drug-likeness (QED) is 0.615. The van der Waals surface area contributed by atoms with Crippen LogP contribution in [0.1, 0.15) is 27.8 Å². The lowest BCUT2D eigenvalue weighted by molar-refractivity contribution is -0.137. The highest BCUT2D eigenvalue weighted by Gasteiger charge is 2.21. The number of terminal acetylenes is 1. The third-order valence-corrected chi connectivity index (χ3v) is 2.53. The zero-order valence-corrected chi connectivity index (χ0v) is 10.7. The van der Waals surface area contributed by atoms with E-state index in [9.17, 15) is 14.4 Å². The number of hydrogen-bond donors (Lipinski definition) is 1. The van der Waals surface area contributed by atoms with Gasteiger partial charge in [-0.2, -0.15) is 0 Å². The van der Waals surface area contributed by atoms with E-state index in [1.807, 2.05) is 0 Å². The fourth-order valence-electron chi connectivity index (χ4n) is 1.60. The number of aliphatic carboxylic acids is 1. The number of carbonyl (C=O) groups is 3. The van der Waals surface area contributed by atoms with E-state index < -0.39 is 18.4 Å². The van der Waals surface area contributed by atoms with Gasteiger partial charge in [0.25, 0.3) is 5.91 Å². The lowest BCUT2D eigenvalue weighted by Gasteiger charge is -2.17. The Morgan fingerprint density at radius 1 is 1.47 bits per heavy atom. The second-order valence-corrected chi connectivity index (χ2v) is 4.04. The Kier molecular flexibility index (Phi) is 4.48. The van der Waals surface area contributed by atoms with Gasteiger partial charge < -0.3 is 14.6 Å². The molecule has 0 atom stereocenters. The zero-order valence-electron chi connectivity index (χ0n) is 10.7. The van der Waals surface area contributed by atoms with Gasteiger partial charge in [0.15, 0.2) is 5.78 Å². The van der Waals surface area contributed by atoms with Gasteiger partial charge >= 0.3 is 5.97 Å². The molecule has 0 fully saturated rings. The van der Waals surface area contributed by atoms with Crippen molar-refractivity contribution in [2.75, 3.05) is 13.1 Å². The van der Waals surface area contributed by atoms with Crippen molar-refractivity contribution in [1.82, 2.24) is 9.47 Å². The monoisotopic (exact) mass is 262 g/mol. The molecule has 19 heavy (non-hydrogen) atoms. The second kappa shape index (κ2) is 5.87. The van der Waals surface area contributed by atoms with Gasteiger partial charge in [0.2, 0.25) is 0 Å². The van der Waals surface area contributed by atoms with Crippen molar-refractivity contribution >= 4 is 17.7 Å². The van der Waals surface area contributed by atoms with Crippen molar-refractivity contribution in [3.05, 3.63) is 23.5 Å². The first kappa shape index (κ1) is 14.5. The highest BCUT2D eigenvalue weighted by atomic mass is 16.4. The normalized spacial score (nSPS) is 9.74. The molecule has 1 aromatic heterocycles. The van der Waals surface area contributed by atoms with E-state index in [1.54, 1.807) is 7.05 Å². The lowest BCUT2D eigenvalue weighted by atomic mass is 10.2. The number of hydrogen-bond acceptors (Lipinski definition) is 3. The summed E-state index contributed by atoms with van der Waals surface area (Å²) in [5.74, 6) is 0.402. The molecular weight excluding hydrogens is 248 g/mol. The Morgan fingerprint density at radius 3 is 2.53 bits per heavy atom. The maximum Gasteiger partial charge on any atom is 0.323 e. The van der Waals surface area contributed by atoms with Crippen LogP contribution in [0.2, 0.25) is 0 Å². The number of carboxylic acids is 1. The molecule has 0 radical (unpaired) electrons. The van der Waals surface area contributed by atoms with Crippen LogP contribution in [0.5, 0.6) is 0 Å². The van der Waals surface area contributed by atoms with E-state index in [-0.39, 0.29) is 18.0 Å². The minimum atomic E-state index is -1.15. The van der Waals surface area contributed by atoms with Gasteiger partial charge in [-0.25, -0.2) is 0 Å². The van der Waals surface area contributed by atoms with Crippen molar-refractivity contribution in [2.24, 2.45) is 7.05 Å². The minimum absolute atomic E-state index is 0.105. The van der Waals surface area contributed by atoms with Crippen molar-refractivity contribution in [1.29, 1.82) is 0 Å². The van der Waals surface area contributed by atoms with E-state index >= 15 is 0 Å². The molecule has 1 aromatic rings. The number of aryl methyl sites for hydroxylation is 1. The summed E-state index contributed by atoms with van der Waals surface area (Å²) in [7, 11) is 1.61. The van der Waals surface area contributed by atoms with Crippen LogP contribution < -0.4 is 0 Å².